The van der Waals surface area contributed by atoms with Gasteiger partial charge in [-0.15, -0.1) is 10.2 Å². The Kier molecular flexibility index (Phi) is 1.98. The van der Waals surface area contributed by atoms with Crippen molar-refractivity contribution in [3.05, 3.63) is 5.82 Å². The van der Waals surface area contributed by atoms with Crippen LogP contribution in [0.25, 0.3) is 0 Å². The zero-order chi connectivity index (χ0) is 11.2. The third-order valence-corrected chi connectivity index (χ3v) is 3.56. The molecule has 2 saturated heterocycles. The smallest absolute Gasteiger partial charge is 0.176 e. The summed E-state index contributed by atoms with van der Waals surface area (Å²) in [5, 5.41) is 21.3. The lowest BCUT2D eigenvalue weighted by Gasteiger charge is -2.26. The van der Waals surface area contributed by atoms with Crippen molar-refractivity contribution in [2.45, 2.75) is 37.9 Å². The molecule has 16 heavy (non-hydrogen) atoms. The predicted molar refractivity (Wildman–Crippen MR) is 53.1 cm³/mol. The molecule has 0 aliphatic carbocycles. The van der Waals surface area contributed by atoms with Gasteiger partial charge in [-0.2, -0.15) is 10.1 Å². The van der Waals surface area contributed by atoms with Gasteiger partial charge in [0.25, 0.3) is 0 Å². The molecule has 0 radical (unpaired) electrons. The Bertz CT molecular complexity index is 450. The van der Waals surface area contributed by atoms with E-state index in [1.807, 2.05) is 0 Å². The molecule has 2 aliphatic rings. The van der Waals surface area contributed by atoms with Crippen LogP contribution in [0, 0.1) is 16.7 Å². The van der Waals surface area contributed by atoms with E-state index in [2.05, 4.69) is 21.5 Å². The quantitative estimate of drug-likeness (QED) is 0.710. The molecule has 2 aliphatic heterocycles. The van der Waals surface area contributed by atoms with Gasteiger partial charge in [-0.05, 0) is 24.5 Å². The number of ether oxygens (including phenoxy) is 1. The Morgan fingerprint density at radius 2 is 2.50 bits per heavy atom. The summed E-state index contributed by atoms with van der Waals surface area (Å²) in [6, 6.07) is 2.42. The van der Waals surface area contributed by atoms with Crippen LogP contribution in [0.3, 0.4) is 0 Å². The molecule has 6 nitrogen and oxygen atoms in total. The van der Waals surface area contributed by atoms with Crippen LogP contribution in [0.4, 0.5) is 0 Å². The van der Waals surface area contributed by atoms with Crippen LogP contribution in [-0.4, -0.2) is 32.4 Å². The number of hydrogen-bond donors (Lipinski definition) is 0. The van der Waals surface area contributed by atoms with Crippen LogP contribution in [0.1, 0.15) is 25.1 Å². The second-order valence-electron chi connectivity index (χ2n) is 4.67. The summed E-state index contributed by atoms with van der Waals surface area (Å²) in [6.45, 7) is 0. The summed E-state index contributed by atoms with van der Waals surface area (Å²) in [6.07, 6.45) is 3.76. The highest BCUT2D eigenvalue weighted by atomic mass is 16.5. The molecule has 3 unspecified atom stereocenters. The van der Waals surface area contributed by atoms with E-state index < -0.39 is 5.41 Å². The van der Waals surface area contributed by atoms with E-state index in [0.717, 1.165) is 19.3 Å². The number of hydrogen-bond acceptors (Lipinski definition) is 5. The summed E-state index contributed by atoms with van der Waals surface area (Å²) < 4.78 is 5.75. The molecule has 3 rings (SSSR count). The summed E-state index contributed by atoms with van der Waals surface area (Å²) in [5.74, 6) is 0.639. The van der Waals surface area contributed by atoms with Gasteiger partial charge in [0.05, 0.1) is 30.7 Å². The van der Waals surface area contributed by atoms with Gasteiger partial charge in [-0.1, -0.05) is 0 Å². The Morgan fingerprint density at radius 3 is 3.00 bits per heavy atom. The SMILES string of the molecule is Cn1nnc(CC2(C#N)CC3CCC2O3)n1. The van der Waals surface area contributed by atoms with Crippen LogP contribution in [0.5, 0.6) is 0 Å². The van der Waals surface area contributed by atoms with Crippen molar-refractivity contribution in [3.8, 4) is 6.07 Å². The average Bonchev–Trinajstić information content (AvgIpc) is 2.94. The lowest BCUT2D eigenvalue weighted by Crippen LogP contribution is -2.33. The van der Waals surface area contributed by atoms with E-state index in [9.17, 15) is 5.26 Å². The fourth-order valence-electron chi connectivity index (χ4n) is 2.82. The maximum atomic E-state index is 9.39. The second kappa shape index (κ2) is 3.25. The minimum Gasteiger partial charge on any atom is -0.373 e. The molecule has 0 amide bonds. The van der Waals surface area contributed by atoms with Crippen molar-refractivity contribution in [2.75, 3.05) is 0 Å². The Hall–Kier alpha value is -1.48. The molecule has 6 heteroatoms. The topological polar surface area (TPSA) is 76.6 Å². The van der Waals surface area contributed by atoms with Gasteiger partial charge in [0, 0.05) is 6.42 Å². The highest BCUT2D eigenvalue weighted by Crippen LogP contribution is 2.48. The first kappa shape index (κ1) is 9.73. The van der Waals surface area contributed by atoms with Crippen LogP contribution in [0.15, 0.2) is 0 Å². The van der Waals surface area contributed by atoms with E-state index in [1.54, 1.807) is 7.05 Å². The molecule has 3 atom stereocenters. The summed E-state index contributed by atoms with van der Waals surface area (Å²) in [5.41, 5.74) is -0.425. The van der Waals surface area contributed by atoms with Gasteiger partial charge in [0.15, 0.2) is 5.82 Å². The largest absolute Gasteiger partial charge is 0.373 e. The summed E-state index contributed by atoms with van der Waals surface area (Å²) in [7, 11) is 1.73. The molecule has 0 N–H and O–H groups in total. The number of aryl methyl sites for hydroxylation is 1. The van der Waals surface area contributed by atoms with Gasteiger partial charge in [-0.3, -0.25) is 0 Å². The Labute approximate surface area is 93.2 Å². The third kappa shape index (κ3) is 1.32. The molecule has 1 aromatic heterocycles. The number of nitriles is 1. The first-order chi connectivity index (χ1) is 7.72. The lowest BCUT2D eigenvalue weighted by molar-refractivity contribution is 0.0782. The monoisotopic (exact) mass is 219 g/mol. The minimum atomic E-state index is -0.425. The Morgan fingerprint density at radius 1 is 1.62 bits per heavy atom. The normalized spacial score (nSPS) is 36.5. The van der Waals surface area contributed by atoms with Crippen molar-refractivity contribution in [1.82, 2.24) is 20.2 Å². The number of aromatic nitrogens is 4. The Balaban J connectivity index is 1.85. The van der Waals surface area contributed by atoms with E-state index in [0.29, 0.717) is 12.2 Å². The molecule has 0 aromatic carbocycles. The first-order valence-electron chi connectivity index (χ1n) is 5.51. The molecule has 0 saturated carbocycles. The number of tetrazole rings is 1. The molecule has 84 valence electrons. The average molecular weight is 219 g/mol. The van der Waals surface area contributed by atoms with Crippen molar-refractivity contribution in [1.29, 1.82) is 5.26 Å². The predicted octanol–water partition coefficient (Wildman–Crippen LogP) is 0.214. The van der Waals surface area contributed by atoms with Crippen molar-refractivity contribution in [3.63, 3.8) is 0 Å². The van der Waals surface area contributed by atoms with Gasteiger partial charge in [-0.25, -0.2) is 0 Å². The fraction of sp³-hybridized carbons (Fsp3) is 0.800. The molecule has 2 fully saturated rings. The first-order valence-corrected chi connectivity index (χ1v) is 5.51. The molecule has 3 heterocycles. The maximum Gasteiger partial charge on any atom is 0.176 e. The highest BCUT2D eigenvalue weighted by molar-refractivity contribution is 5.15. The molecule has 0 spiro atoms. The van der Waals surface area contributed by atoms with Crippen molar-refractivity contribution >= 4 is 0 Å². The van der Waals surface area contributed by atoms with Crippen LogP contribution >= 0.6 is 0 Å². The highest BCUT2D eigenvalue weighted by Gasteiger charge is 2.53. The van der Waals surface area contributed by atoms with Gasteiger partial charge in [0.1, 0.15) is 0 Å². The fourth-order valence-corrected chi connectivity index (χ4v) is 2.82. The van der Waals surface area contributed by atoms with Gasteiger partial charge >= 0.3 is 0 Å². The van der Waals surface area contributed by atoms with Crippen molar-refractivity contribution < 1.29 is 4.74 Å². The van der Waals surface area contributed by atoms with Crippen LogP contribution in [-0.2, 0) is 18.2 Å². The third-order valence-electron chi connectivity index (χ3n) is 3.56. The van der Waals surface area contributed by atoms with Gasteiger partial charge in [0.2, 0.25) is 0 Å². The molecule has 1 aromatic rings. The maximum absolute atomic E-state index is 9.39. The standard InChI is InChI=1S/C10H13N5O/c1-15-13-9(12-14-15)5-10(6-11)4-7-2-3-8(10)16-7/h7-8H,2-5H2,1H3. The number of rotatable bonds is 2. The molecule has 2 bridgehead atoms. The second-order valence-corrected chi connectivity index (χ2v) is 4.67. The van der Waals surface area contributed by atoms with E-state index in [1.165, 1.54) is 4.80 Å². The minimum absolute atomic E-state index is 0.0614. The van der Waals surface area contributed by atoms with E-state index >= 15 is 0 Å². The summed E-state index contributed by atoms with van der Waals surface area (Å²) in [4.78, 5) is 1.43. The number of fused-ring (bicyclic) bond motifs is 2. The zero-order valence-corrected chi connectivity index (χ0v) is 9.13. The lowest BCUT2D eigenvalue weighted by atomic mass is 9.72. The van der Waals surface area contributed by atoms with Crippen LogP contribution in [0.2, 0.25) is 0 Å². The van der Waals surface area contributed by atoms with E-state index in [4.69, 9.17) is 4.74 Å². The van der Waals surface area contributed by atoms with E-state index in [-0.39, 0.29) is 12.2 Å². The van der Waals surface area contributed by atoms with Crippen LogP contribution < -0.4 is 0 Å². The van der Waals surface area contributed by atoms with Gasteiger partial charge < -0.3 is 4.74 Å². The van der Waals surface area contributed by atoms with Crippen molar-refractivity contribution in [2.24, 2.45) is 12.5 Å². The summed E-state index contributed by atoms with van der Waals surface area (Å²) >= 11 is 0. The number of nitrogens with zero attached hydrogens (tertiary/aromatic N) is 5. The molecular weight excluding hydrogens is 206 g/mol. The molecular formula is C10H13N5O. The zero-order valence-electron chi connectivity index (χ0n) is 9.13.